The van der Waals surface area contributed by atoms with E-state index in [1.807, 2.05) is 36.4 Å². The lowest BCUT2D eigenvalue weighted by Gasteiger charge is -2.31. The lowest BCUT2D eigenvalue weighted by Crippen LogP contribution is -2.45. The van der Waals surface area contributed by atoms with E-state index in [0.717, 1.165) is 55.3 Å². The van der Waals surface area contributed by atoms with Gasteiger partial charge in [-0.2, -0.15) is 4.98 Å². The van der Waals surface area contributed by atoms with Crippen LogP contribution in [0.1, 0.15) is 0 Å². The van der Waals surface area contributed by atoms with Gasteiger partial charge in [0.05, 0.1) is 17.6 Å². The van der Waals surface area contributed by atoms with Crippen molar-refractivity contribution in [2.45, 2.75) is 0 Å². The van der Waals surface area contributed by atoms with Crippen LogP contribution in [-0.4, -0.2) is 77.5 Å². The van der Waals surface area contributed by atoms with Crippen LogP contribution in [0.15, 0.2) is 67.1 Å². The fourth-order valence-corrected chi connectivity index (χ4v) is 4.42. The van der Waals surface area contributed by atoms with E-state index in [9.17, 15) is 8.42 Å². The summed E-state index contributed by atoms with van der Waals surface area (Å²) in [5.41, 5.74) is 3.80. The molecule has 12 heteroatoms. The Balaban J connectivity index is 1.25. The first-order chi connectivity index (χ1) is 17.3. The predicted octanol–water partition coefficient (Wildman–Crippen LogP) is 2.59. The highest BCUT2D eigenvalue weighted by Crippen LogP contribution is 2.22. The average Bonchev–Trinajstić information content (AvgIpc) is 3.35. The molecular formula is C24H27N9O2S. The van der Waals surface area contributed by atoms with E-state index < -0.39 is 10.0 Å². The monoisotopic (exact) mass is 505 g/mol. The normalized spacial score (nSPS) is 14.6. The summed E-state index contributed by atoms with van der Waals surface area (Å²) in [6.45, 7) is 3.85. The number of hydrogen-bond acceptors (Lipinski definition) is 9. The number of piperazine rings is 1. The van der Waals surface area contributed by atoms with Crippen LogP contribution in [0.4, 0.5) is 23.3 Å². The Morgan fingerprint density at radius 2 is 1.56 bits per heavy atom. The number of aromatic nitrogens is 5. The number of rotatable bonds is 7. The Kier molecular flexibility index (Phi) is 6.53. The smallest absolute Gasteiger partial charge is 0.245 e. The van der Waals surface area contributed by atoms with Gasteiger partial charge in [-0.3, -0.25) is 4.72 Å². The molecule has 36 heavy (non-hydrogen) atoms. The zero-order valence-electron chi connectivity index (χ0n) is 20.0. The van der Waals surface area contributed by atoms with Gasteiger partial charge in [0.1, 0.15) is 6.33 Å². The maximum Gasteiger partial charge on any atom is 0.245 e. The molecule has 0 aliphatic carbocycles. The molecular weight excluding hydrogens is 478 g/mol. The summed E-state index contributed by atoms with van der Waals surface area (Å²) in [5, 5.41) is 7.87. The molecule has 1 aliphatic heterocycles. The zero-order chi connectivity index (χ0) is 25.1. The van der Waals surface area contributed by atoms with Gasteiger partial charge in [-0.1, -0.05) is 12.1 Å². The molecule has 0 saturated carbocycles. The average molecular weight is 506 g/mol. The molecule has 2 aromatic heterocycles. The van der Waals surface area contributed by atoms with Crippen molar-refractivity contribution in [3.63, 3.8) is 0 Å². The molecule has 5 rings (SSSR count). The fourth-order valence-electron chi connectivity index (χ4n) is 3.86. The summed E-state index contributed by atoms with van der Waals surface area (Å²) in [7, 11) is -1.20. The molecule has 4 aromatic rings. The first-order valence-corrected chi connectivity index (χ1v) is 13.4. The Bertz CT molecular complexity index is 1430. The zero-order valence-corrected chi connectivity index (χ0v) is 20.9. The molecule has 1 fully saturated rings. The summed E-state index contributed by atoms with van der Waals surface area (Å²) in [4.78, 5) is 17.9. The first-order valence-electron chi connectivity index (χ1n) is 11.5. The summed E-state index contributed by atoms with van der Waals surface area (Å²) in [6, 6.07) is 16.6. The van der Waals surface area contributed by atoms with Crippen molar-refractivity contribution < 1.29 is 8.42 Å². The minimum absolute atomic E-state index is 0.455. The quantitative estimate of drug-likeness (QED) is 0.390. The molecule has 0 unspecified atom stereocenters. The van der Waals surface area contributed by atoms with Crippen LogP contribution in [0.2, 0.25) is 0 Å². The molecule has 1 aliphatic rings. The van der Waals surface area contributed by atoms with Crippen LogP contribution in [0.5, 0.6) is 0 Å². The minimum Gasteiger partial charge on any atom is -0.337 e. The predicted molar refractivity (Wildman–Crippen MR) is 140 cm³/mol. The molecule has 11 nitrogen and oxygen atoms in total. The van der Waals surface area contributed by atoms with E-state index in [4.69, 9.17) is 0 Å². The van der Waals surface area contributed by atoms with Crippen LogP contribution >= 0.6 is 0 Å². The largest absolute Gasteiger partial charge is 0.337 e. The number of likely N-dealkylation sites (N-methyl/N-ethyl adjacent to an activating group) is 1. The maximum absolute atomic E-state index is 11.4. The van der Waals surface area contributed by atoms with Gasteiger partial charge in [-0.15, -0.1) is 5.10 Å². The fraction of sp³-hybridized carbons (Fsp3) is 0.250. The van der Waals surface area contributed by atoms with Crippen LogP contribution in [0, 0.1) is 0 Å². The third-order valence-electron chi connectivity index (χ3n) is 5.79. The first kappa shape index (κ1) is 23.7. The second-order valence-electron chi connectivity index (χ2n) is 8.67. The number of benzene rings is 2. The van der Waals surface area contributed by atoms with E-state index >= 15 is 0 Å². The van der Waals surface area contributed by atoms with Gasteiger partial charge >= 0.3 is 0 Å². The minimum atomic E-state index is -3.32. The Morgan fingerprint density at radius 1 is 0.861 bits per heavy atom. The molecule has 0 amide bonds. The number of nitrogens with one attached hydrogen (secondary N) is 2. The summed E-state index contributed by atoms with van der Waals surface area (Å²) >= 11 is 0. The van der Waals surface area contributed by atoms with Crippen molar-refractivity contribution in [3.05, 3.63) is 67.1 Å². The summed E-state index contributed by atoms with van der Waals surface area (Å²) < 4.78 is 27.0. The van der Waals surface area contributed by atoms with E-state index in [0.29, 0.717) is 17.3 Å². The summed E-state index contributed by atoms with van der Waals surface area (Å²) in [5.74, 6) is 1.20. The highest BCUT2D eigenvalue weighted by atomic mass is 32.2. The van der Waals surface area contributed by atoms with Crippen molar-refractivity contribution in [2.24, 2.45) is 0 Å². The number of hydrogen-bond donors (Lipinski definition) is 2. The number of sulfonamides is 1. The van der Waals surface area contributed by atoms with Crippen LogP contribution < -0.4 is 14.9 Å². The van der Waals surface area contributed by atoms with Crippen molar-refractivity contribution in [1.29, 1.82) is 0 Å². The third-order valence-corrected chi connectivity index (χ3v) is 6.40. The van der Waals surface area contributed by atoms with Crippen molar-refractivity contribution >= 4 is 33.3 Å². The van der Waals surface area contributed by atoms with Gasteiger partial charge in [0.15, 0.2) is 0 Å². The second-order valence-corrected chi connectivity index (χ2v) is 10.4. The third kappa shape index (κ3) is 5.78. The number of nitrogens with zero attached hydrogens (tertiary/aromatic N) is 7. The van der Waals surface area contributed by atoms with Gasteiger partial charge in [0.25, 0.3) is 0 Å². The Morgan fingerprint density at radius 3 is 2.25 bits per heavy atom. The summed E-state index contributed by atoms with van der Waals surface area (Å²) in [6.07, 6.45) is 4.53. The van der Waals surface area contributed by atoms with Crippen LogP contribution in [0.25, 0.3) is 16.9 Å². The van der Waals surface area contributed by atoms with Crippen molar-refractivity contribution in [2.75, 3.05) is 54.4 Å². The van der Waals surface area contributed by atoms with Gasteiger partial charge in [-0.25, -0.2) is 23.1 Å². The Hall–Kier alpha value is -4.03. The standard InChI is InChI=1S/C24H27N9O2S/c1-31-13-15-32(16-14-31)24-26-17-33(29-24)21-9-7-19(8-10-21)27-23-25-12-11-22(28-23)18-3-5-20(6-4-18)30-36(2,34)35/h3-12,17,30H,13-16H2,1-2H3,(H,25,27,28). The van der Waals surface area contributed by atoms with E-state index in [2.05, 4.69) is 46.9 Å². The van der Waals surface area contributed by atoms with Crippen molar-refractivity contribution in [3.8, 4) is 16.9 Å². The molecule has 0 atom stereocenters. The molecule has 1 saturated heterocycles. The van der Waals surface area contributed by atoms with Crippen molar-refractivity contribution in [1.82, 2.24) is 29.6 Å². The van der Waals surface area contributed by atoms with E-state index in [1.165, 1.54) is 0 Å². The molecule has 2 N–H and O–H groups in total. The van der Waals surface area contributed by atoms with Gasteiger partial charge in [0, 0.05) is 49.3 Å². The molecule has 3 heterocycles. The van der Waals surface area contributed by atoms with Gasteiger partial charge in [-0.05, 0) is 49.5 Å². The molecule has 0 spiro atoms. The SMILES string of the molecule is CN1CCN(c2ncn(-c3ccc(Nc4nccc(-c5ccc(NS(C)(=O)=O)cc5)n4)cc3)n2)CC1. The topological polar surface area (TPSA) is 121 Å². The molecule has 0 radical (unpaired) electrons. The lowest BCUT2D eigenvalue weighted by molar-refractivity contribution is 0.311. The lowest BCUT2D eigenvalue weighted by atomic mass is 10.1. The molecule has 2 aromatic carbocycles. The van der Waals surface area contributed by atoms with E-state index in [1.54, 1.807) is 35.4 Å². The highest BCUT2D eigenvalue weighted by Gasteiger charge is 2.17. The van der Waals surface area contributed by atoms with Crippen LogP contribution in [0.3, 0.4) is 0 Å². The molecule has 186 valence electrons. The van der Waals surface area contributed by atoms with Crippen LogP contribution in [-0.2, 0) is 10.0 Å². The second kappa shape index (κ2) is 9.91. The molecule has 0 bridgehead atoms. The Labute approximate surface area is 209 Å². The maximum atomic E-state index is 11.4. The highest BCUT2D eigenvalue weighted by molar-refractivity contribution is 7.92. The van der Waals surface area contributed by atoms with Gasteiger partial charge < -0.3 is 15.1 Å². The van der Waals surface area contributed by atoms with E-state index in [-0.39, 0.29) is 0 Å². The van der Waals surface area contributed by atoms with Gasteiger partial charge in [0.2, 0.25) is 21.9 Å². The number of anilines is 4.